The van der Waals surface area contributed by atoms with Gasteiger partial charge in [-0.3, -0.25) is 0 Å². The van der Waals surface area contributed by atoms with Gasteiger partial charge in [-0.25, -0.2) is 0 Å². The van der Waals surface area contributed by atoms with Crippen LogP contribution in [0.2, 0.25) is 0 Å². The normalized spacial score (nSPS) is 10.6. The minimum atomic E-state index is 0.619. The Morgan fingerprint density at radius 2 is 1.48 bits per heavy atom. The van der Waals surface area contributed by atoms with E-state index >= 15 is 0 Å². The van der Waals surface area contributed by atoms with Crippen molar-refractivity contribution in [3.63, 3.8) is 0 Å². The largest absolute Gasteiger partial charge is 0.489 e. The number of benzene rings is 2. The van der Waals surface area contributed by atoms with Gasteiger partial charge >= 0.3 is 0 Å². The van der Waals surface area contributed by atoms with Crippen LogP contribution in [-0.2, 0) is 6.61 Å². The maximum atomic E-state index is 6.04. The standard InChI is InChI=1S/C21H29NO/c1-5-14-22(15-6-2)20-12-13-21(18(4)17(20)3)23-16-19-10-8-7-9-11-19/h7-13H,5-6,14-16H2,1-4H3. The molecule has 0 amide bonds. The average Bonchev–Trinajstić information content (AvgIpc) is 2.57. The third kappa shape index (κ3) is 4.51. The van der Waals surface area contributed by atoms with E-state index in [0.717, 1.165) is 18.8 Å². The van der Waals surface area contributed by atoms with Crippen molar-refractivity contribution in [3.8, 4) is 5.75 Å². The van der Waals surface area contributed by atoms with E-state index in [-0.39, 0.29) is 0 Å². The van der Waals surface area contributed by atoms with Gasteiger partial charge in [0.1, 0.15) is 12.4 Å². The number of rotatable bonds is 8. The first-order chi connectivity index (χ1) is 11.2. The Balaban J connectivity index is 2.16. The number of anilines is 1. The Morgan fingerprint density at radius 1 is 0.826 bits per heavy atom. The second kappa shape index (κ2) is 8.61. The second-order valence-electron chi connectivity index (χ2n) is 6.09. The summed E-state index contributed by atoms with van der Waals surface area (Å²) >= 11 is 0. The topological polar surface area (TPSA) is 12.5 Å². The predicted octanol–water partition coefficient (Wildman–Crippen LogP) is 5.51. The molecule has 0 atom stereocenters. The molecule has 0 N–H and O–H groups in total. The number of hydrogen-bond acceptors (Lipinski definition) is 2. The fourth-order valence-electron chi connectivity index (χ4n) is 2.91. The highest BCUT2D eigenvalue weighted by molar-refractivity contribution is 5.60. The molecule has 2 aromatic carbocycles. The van der Waals surface area contributed by atoms with Crippen molar-refractivity contribution in [3.05, 3.63) is 59.2 Å². The van der Waals surface area contributed by atoms with Gasteiger partial charge in [0, 0.05) is 18.8 Å². The minimum Gasteiger partial charge on any atom is -0.489 e. The Kier molecular flexibility index (Phi) is 6.52. The summed E-state index contributed by atoms with van der Waals surface area (Å²) in [7, 11) is 0. The highest BCUT2D eigenvalue weighted by atomic mass is 16.5. The molecule has 0 heterocycles. The van der Waals surface area contributed by atoms with E-state index in [4.69, 9.17) is 4.74 Å². The van der Waals surface area contributed by atoms with Crippen molar-refractivity contribution in [2.24, 2.45) is 0 Å². The SMILES string of the molecule is CCCN(CCC)c1ccc(OCc2ccccc2)c(C)c1C. The van der Waals surface area contributed by atoms with Gasteiger partial charge < -0.3 is 9.64 Å². The lowest BCUT2D eigenvalue weighted by molar-refractivity contribution is 0.304. The molecule has 0 saturated heterocycles. The molecule has 2 rings (SSSR count). The van der Waals surface area contributed by atoms with Crippen LogP contribution in [0.5, 0.6) is 5.75 Å². The molecule has 0 radical (unpaired) electrons. The van der Waals surface area contributed by atoms with Crippen LogP contribution in [0, 0.1) is 13.8 Å². The van der Waals surface area contributed by atoms with Gasteiger partial charge in [0.05, 0.1) is 0 Å². The van der Waals surface area contributed by atoms with Crippen molar-refractivity contribution in [1.29, 1.82) is 0 Å². The summed E-state index contributed by atoms with van der Waals surface area (Å²) in [6.45, 7) is 11.7. The molecule has 23 heavy (non-hydrogen) atoms. The first-order valence-corrected chi connectivity index (χ1v) is 8.69. The maximum Gasteiger partial charge on any atom is 0.123 e. The zero-order valence-electron chi connectivity index (χ0n) is 14.9. The van der Waals surface area contributed by atoms with Crippen molar-refractivity contribution in [2.45, 2.75) is 47.1 Å². The first kappa shape index (κ1) is 17.4. The van der Waals surface area contributed by atoms with Gasteiger partial charge in [-0.1, -0.05) is 44.2 Å². The van der Waals surface area contributed by atoms with E-state index in [1.54, 1.807) is 0 Å². The Morgan fingerprint density at radius 3 is 2.09 bits per heavy atom. The average molecular weight is 311 g/mol. The summed E-state index contributed by atoms with van der Waals surface area (Å²) in [5, 5.41) is 0. The molecule has 0 fully saturated rings. The summed E-state index contributed by atoms with van der Waals surface area (Å²) in [6, 6.07) is 14.7. The lowest BCUT2D eigenvalue weighted by atomic mass is 10.1. The highest BCUT2D eigenvalue weighted by Gasteiger charge is 2.12. The lowest BCUT2D eigenvalue weighted by Gasteiger charge is -2.27. The zero-order chi connectivity index (χ0) is 16.7. The van der Waals surface area contributed by atoms with E-state index in [9.17, 15) is 0 Å². The molecule has 0 aromatic heterocycles. The molecular formula is C21H29NO. The summed E-state index contributed by atoms with van der Waals surface area (Å²) in [6.07, 6.45) is 2.34. The molecule has 124 valence electrons. The Hall–Kier alpha value is -1.96. The molecule has 0 unspecified atom stereocenters. The third-order valence-electron chi connectivity index (χ3n) is 4.27. The smallest absolute Gasteiger partial charge is 0.123 e. The second-order valence-corrected chi connectivity index (χ2v) is 6.09. The lowest BCUT2D eigenvalue weighted by Crippen LogP contribution is -2.25. The van der Waals surface area contributed by atoms with Crippen LogP contribution < -0.4 is 9.64 Å². The summed E-state index contributed by atoms with van der Waals surface area (Å²) in [4.78, 5) is 2.49. The molecular weight excluding hydrogens is 282 g/mol. The Labute approximate surface area is 141 Å². The van der Waals surface area contributed by atoms with E-state index in [1.807, 2.05) is 18.2 Å². The molecule has 2 heteroatoms. The first-order valence-electron chi connectivity index (χ1n) is 8.69. The number of ether oxygens (including phenoxy) is 1. The summed E-state index contributed by atoms with van der Waals surface area (Å²) < 4.78 is 6.04. The molecule has 0 aliphatic rings. The summed E-state index contributed by atoms with van der Waals surface area (Å²) in [5.74, 6) is 0.989. The van der Waals surface area contributed by atoms with Gasteiger partial charge in [0.2, 0.25) is 0 Å². The monoisotopic (exact) mass is 311 g/mol. The molecule has 0 spiro atoms. The molecule has 0 aliphatic carbocycles. The van der Waals surface area contributed by atoms with Gasteiger partial charge in [-0.2, -0.15) is 0 Å². The van der Waals surface area contributed by atoms with Crippen molar-refractivity contribution >= 4 is 5.69 Å². The highest BCUT2D eigenvalue weighted by Crippen LogP contribution is 2.30. The predicted molar refractivity (Wildman–Crippen MR) is 99.5 cm³/mol. The fourth-order valence-corrected chi connectivity index (χ4v) is 2.91. The van der Waals surface area contributed by atoms with Crippen LogP contribution in [0.4, 0.5) is 5.69 Å². The maximum absolute atomic E-state index is 6.04. The number of hydrogen-bond donors (Lipinski definition) is 0. The van der Waals surface area contributed by atoms with E-state index in [2.05, 4.69) is 56.9 Å². The van der Waals surface area contributed by atoms with Gasteiger partial charge in [0.15, 0.2) is 0 Å². The number of nitrogens with zero attached hydrogens (tertiary/aromatic N) is 1. The van der Waals surface area contributed by atoms with Crippen molar-refractivity contribution in [2.75, 3.05) is 18.0 Å². The molecule has 0 bridgehead atoms. The van der Waals surface area contributed by atoms with Crippen molar-refractivity contribution < 1.29 is 4.74 Å². The minimum absolute atomic E-state index is 0.619. The van der Waals surface area contributed by atoms with Gasteiger partial charge in [0.25, 0.3) is 0 Å². The van der Waals surface area contributed by atoms with Crippen LogP contribution in [0.3, 0.4) is 0 Å². The summed E-state index contributed by atoms with van der Waals surface area (Å²) in [5.41, 5.74) is 5.12. The van der Waals surface area contributed by atoms with E-state index in [0.29, 0.717) is 6.61 Å². The fraction of sp³-hybridized carbons (Fsp3) is 0.429. The Bertz CT molecular complexity index is 601. The third-order valence-corrected chi connectivity index (χ3v) is 4.27. The van der Waals surface area contributed by atoms with Crippen LogP contribution in [0.25, 0.3) is 0 Å². The molecule has 2 nitrogen and oxygen atoms in total. The molecule has 0 saturated carbocycles. The van der Waals surface area contributed by atoms with Crippen LogP contribution in [0.15, 0.2) is 42.5 Å². The van der Waals surface area contributed by atoms with Crippen LogP contribution in [0.1, 0.15) is 43.4 Å². The van der Waals surface area contributed by atoms with Crippen LogP contribution in [-0.4, -0.2) is 13.1 Å². The van der Waals surface area contributed by atoms with Crippen molar-refractivity contribution in [1.82, 2.24) is 0 Å². The van der Waals surface area contributed by atoms with E-state index in [1.165, 1.54) is 35.2 Å². The van der Waals surface area contributed by atoms with Gasteiger partial charge in [-0.15, -0.1) is 0 Å². The van der Waals surface area contributed by atoms with Crippen LogP contribution >= 0.6 is 0 Å². The molecule has 0 aliphatic heterocycles. The molecule has 2 aromatic rings. The quantitative estimate of drug-likeness (QED) is 0.637. The van der Waals surface area contributed by atoms with E-state index < -0.39 is 0 Å². The zero-order valence-corrected chi connectivity index (χ0v) is 14.9. The van der Waals surface area contributed by atoms with Gasteiger partial charge in [-0.05, 0) is 55.5 Å².